The van der Waals surface area contributed by atoms with Crippen molar-refractivity contribution in [2.24, 2.45) is 16.8 Å². The van der Waals surface area contributed by atoms with E-state index in [9.17, 15) is 13.2 Å². The number of hydrogen-bond donors (Lipinski definition) is 2. The molecule has 0 bridgehead atoms. The Morgan fingerprint density at radius 2 is 2.10 bits per heavy atom. The van der Waals surface area contributed by atoms with Gasteiger partial charge in [-0.1, -0.05) is 5.16 Å². The third-order valence-corrected chi connectivity index (χ3v) is 3.36. The number of anilines is 1. The van der Waals surface area contributed by atoms with Crippen molar-refractivity contribution in [1.82, 2.24) is 0 Å². The molecule has 1 aliphatic carbocycles. The van der Waals surface area contributed by atoms with Gasteiger partial charge in [-0.2, -0.15) is 13.2 Å². The van der Waals surface area contributed by atoms with Crippen LogP contribution in [0.2, 0.25) is 0 Å². The average molecular weight is 287 g/mol. The van der Waals surface area contributed by atoms with Crippen LogP contribution in [0.4, 0.5) is 18.9 Å². The molecule has 1 aromatic rings. The lowest BCUT2D eigenvalue weighted by Gasteiger charge is -2.21. The van der Waals surface area contributed by atoms with Gasteiger partial charge in [-0.15, -0.1) is 0 Å². The molecular weight excluding hydrogens is 271 g/mol. The molecule has 0 spiro atoms. The van der Waals surface area contributed by atoms with Crippen molar-refractivity contribution in [3.8, 4) is 0 Å². The third kappa shape index (κ3) is 3.15. The first-order chi connectivity index (χ1) is 9.32. The summed E-state index contributed by atoms with van der Waals surface area (Å²) in [6, 6.07) is 3.67. The molecule has 110 valence electrons. The van der Waals surface area contributed by atoms with Gasteiger partial charge < -0.3 is 15.8 Å². The summed E-state index contributed by atoms with van der Waals surface area (Å²) >= 11 is 0. The van der Waals surface area contributed by atoms with E-state index in [4.69, 9.17) is 10.9 Å². The molecule has 0 aromatic heterocycles. The van der Waals surface area contributed by atoms with Gasteiger partial charge in [-0.3, -0.25) is 0 Å². The van der Waals surface area contributed by atoms with Crippen LogP contribution in [0.15, 0.2) is 23.4 Å². The molecular formula is C13H16F3N3O. The van der Waals surface area contributed by atoms with Crippen molar-refractivity contribution >= 4 is 11.5 Å². The van der Waals surface area contributed by atoms with Crippen LogP contribution in [-0.2, 0) is 6.18 Å². The lowest BCUT2D eigenvalue weighted by molar-refractivity contribution is -0.137. The summed E-state index contributed by atoms with van der Waals surface area (Å²) in [6.07, 6.45) is -2.24. The predicted molar refractivity (Wildman–Crippen MR) is 69.9 cm³/mol. The summed E-state index contributed by atoms with van der Waals surface area (Å²) in [5.41, 5.74) is 4.76. The van der Waals surface area contributed by atoms with Crippen molar-refractivity contribution in [3.63, 3.8) is 0 Å². The van der Waals surface area contributed by atoms with Gasteiger partial charge in [0.05, 0.1) is 5.56 Å². The summed E-state index contributed by atoms with van der Waals surface area (Å²) < 4.78 is 38.7. The maximum atomic E-state index is 12.9. The topological polar surface area (TPSA) is 61.8 Å². The van der Waals surface area contributed by atoms with Crippen LogP contribution in [0.1, 0.15) is 24.0 Å². The highest BCUT2D eigenvalue weighted by Crippen LogP contribution is 2.35. The van der Waals surface area contributed by atoms with Crippen molar-refractivity contribution in [1.29, 1.82) is 0 Å². The van der Waals surface area contributed by atoms with Crippen molar-refractivity contribution in [3.05, 3.63) is 29.3 Å². The van der Waals surface area contributed by atoms with Gasteiger partial charge in [0.25, 0.3) is 0 Å². The number of oxime groups is 1. The average Bonchev–Trinajstić information content (AvgIpc) is 3.19. The van der Waals surface area contributed by atoms with E-state index in [1.165, 1.54) is 12.1 Å². The molecule has 0 saturated heterocycles. The standard InChI is InChI=1S/C13H16F3N3O/c1-19(7-8-2-3-8)9-4-5-11(13(14,15)16)10(6-9)12(17)18-20/h4-6,8,20H,2-3,7H2,1H3,(H2,17,18). The smallest absolute Gasteiger partial charge is 0.409 e. The second-order valence-electron chi connectivity index (χ2n) is 5.04. The van der Waals surface area contributed by atoms with Gasteiger partial charge in [0.15, 0.2) is 5.84 Å². The Morgan fingerprint density at radius 3 is 2.60 bits per heavy atom. The van der Waals surface area contributed by atoms with E-state index in [2.05, 4.69) is 5.16 Å². The Labute approximate surface area is 114 Å². The second kappa shape index (κ2) is 5.22. The number of benzene rings is 1. The Kier molecular flexibility index (Phi) is 3.78. The molecule has 1 fully saturated rings. The first kappa shape index (κ1) is 14.5. The van der Waals surface area contributed by atoms with Gasteiger partial charge in [0.2, 0.25) is 0 Å². The number of rotatable bonds is 4. The molecule has 20 heavy (non-hydrogen) atoms. The number of halogens is 3. The number of amidine groups is 1. The Morgan fingerprint density at radius 1 is 1.45 bits per heavy atom. The molecule has 1 aromatic carbocycles. The van der Waals surface area contributed by atoms with Crippen LogP contribution in [-0.4, -0.2) is 24.6 Å². The molecule has 0 radical (unpaired) electrons. The fourth-order valence-corrected chi connectivity index (χ4v) is 2.08. The summed E-state index contributed by atoms with van der Waals surface area (Å²) in [5, 5.41) is 11.3. The van der Waals surface area contributed by atoms with Gasteiger partial charge >= 0.3 is 6.18 Å². The molecule has 0 unspecified atom stereocenters. The monoisotopic (exact) mass is 287 g/mol. The predicted octanol–water partition coefficient (Wildman–Crippen LogP) is 2.65. The maximum Gasteiger partial charge on any atom is 0.417 e. The Bertz CT molecular complexity index is 524. The highest BCUT2D eigenvalue weighted by molar-refractivity contribution is 5.99. The number of hydrogen-bond acceptors (Lipinski definition) is 3. The van der Waals surface area contributed by atoms with Crippen molar-refractivity contribution in [2.45, 2.75) is 19.0 Å². The summed E-state index contributed by atoms with van der Waals surface area (Å²) in [4.78, 5) is 1.88. The lowest BCUT2D eigenvalue weighted by Crippen LogP contribution is -2.23. The zero-order valence-corrected chi connectivity index (χ0v) is 11.0. The minimum atomic E-state index is -4.54. The second-order valence-corrected chi connectivity index (χ2v) is 5.04. The van der Waals surface area contributed by atoms with E-state index < -0.39 is 17.6 Å². The first-order valence-electron chi connectivity index (χ1n) is 6.23. The van der Waals surface area contributed by atoms with E-state index in [1.54, 1.807) is 0 Å². The zero-order chi connectivity index (χ0) is 14.9. The fourth-order valence-electron chi connectivity index (χ4n) is 2.08. The maximum absolute atomic E-state index is 12.9. The number of nitrogens with zero attached hydrogens (tertiary/aromatic N) is 2. The highest BCUT2D eigenvalue weighted by Gasteiger charge is 2.34. The van der Waals surface area contributed by atoms with E-state index >= 15 is 0 Å². The Hall–Kier alpha value is -1.92. The SMILES string of the molecule is CN(CC1CC1)c1ccc(C(F)(F)F)c(/C(N)=N/O)c1. The molecule has 0 aliphatic heterocycles. The third-order valence-electron chi connectivity index (χ3n) is 3.36. The minimum absolute atomic E-state index is 0.305. The molecule has 0 heterocycles. The molecule has 0 amide bonds. The number of alkyl halides is 3. The van der Waals surface area contributed by atoms with Gasteiger partial charge in [0, 0.05) is 24.8 Å². The normalized spacial score (nSPS) is 16.3. The summed E-state index contributed by atoms with van der Waals surface area (Å²) in [6.45, 7) is 0.793. The minimum Gasteiger partial charge on any atom is -0.409 e. The van der Waals surface area contributed by atoms with Crippen molar-refractivity contribution < 1.29 is 18.4 Å². The van der Waals surface area contributed by atoms with Gasteiger partial charge in [-0.25, -0.2) is 0 Å². The van der Waals surface area contributed by atoms with E-state index in [0.717, 1.165) is 25.5 Å². The lowest BCUT2D eigenvalue weighted by atomic mass is 10.0. The molecule has 0 atom stereocenters. The molecule has 1 saturated carbocycles. The molecule has 2 rings (SSSR count). The van der Waals surface area contributed by atoms with Crippen LogP contribution < -0.4 is 10.6 Å². The molecule has 7 heteroatoms. The van der Waals surface area contributed by atoms with Gasteiger partial charge in [-0.05, 0) is 37.0 Å². The van der Waals surface area contributed by atoms with Crippen LogP contribution in [0, 0.1) is 5.92 Å². The summed E-state index contributed by atoms with van der Waals surface area (Å²) in [7, 11) is 1.82. The highest BCUT2D eigenvalue weighted by atomic mass is 19.4. The first-order valence-corrected chi connectivity index (χ1v) is 6.23. The molecule has 3 N–H and O–H groups in total. The zero-order valence-electron chi connectivity index (χ0n) is 11.0. The fraction of sp³-hybridized carbons (Fsp3) is 0.462. The van der Waals surface area contributed by atoms with Crippen LogP contribution in [0.25, 0.3) is 0 Å². The van der Waals surface area contributed by atoms with Crippen LogP contribution in [0.5, 0.6) is 0 Å². The van der Waals surface area contributed by atoms with Crippen LogP contribution >= 0.6 is 0 Å². The molecule has 1 aliphatic rings. The van der Waals surface area contributed by atoms with E-state index in [1.807, 2.05) is 11.9 Å². The Balaban J connectivity index is 2.37. The quantitative estimate of drug-likeness (QED) is 0.387. The van der Waals surface area contributed by atoms with Gasteiger partial charge in [0.1, 0.15) is 0 Å². The van der Waals surface area contributed by atoms with Crippen molar-refractivity contribution in [2.75, 3.05) is 18.5 Å². The van der Waals surface area contributed by atoms with Crippen LogP contribution in [0.3, 0.4) is 0 Å². The largest absolute Gasteiger partial charge is 0.417 e. The molecule has 4 nitrogen and oxygen atoms in total. The number of nitrogens with two attached hydrogens (primary N) is 1. The van der Waals surface area contributed by atoms with E-state index in [0.29, 0.717) is 11.6 Å². The van der Waals surface area contributed by atoms with E-state index in [-0.39, 0.29) is 5.56 Å². The summed E-state index contributed by atoms with van der Waals surface area (Å²) in [5.74, 6) is 0.0635.